The van der Waals surface area contributed by atoms with Gasteiger partial charge in [0, 0.05) is 44.7 Å². The number of rotatable bonds is 8. The van der Waals surface area contributed by atoms with Crippen molar-refractivity contribution in [1.29, 1.82) is 0 Å². The molecule has 2 aromatic rings. The summed E-state index contributed by atoms with van der Waals surface area (Å²) < 4.78 is 5.07. The largest absolute Gasteiger partial charge is 0.383 e. The summed E-state index contributed by atoms with van der Waals surface area (Å²) in [6, 6.07) is 9.75. The first-order chi connectivity index (χ1) is 11.6. The number of carbonyl (C=O) groups excluding carboxylic acids is 1. The van der Waals surface area contributed by atoms with Crippen LogP contribution in [-0.4, -0.2) is 41.0 Å². The minimum atomic E-state index is -0.458. The molecule has 0 N–H and O–H groups in total. The van der Waals surface area contributed by atoms with Gasteiger partial charge in [0.25, 0.3) is 5.69 Å². The number of aromatic nitrogens is 1. The Morgan fingerprint density at radius 2 is 1.83 bits per heavy atom. The van der Waals surface area contributed by atoms with Crippen LogP contribution in [0.5, 0.6) is 0 Å². The lowest BCUT2D eigenvalue weighted by molar-refractivity contribution is -0.384. The maximum absolute atomic E-state index is 12.6. The number of non-ortho nitro benzene ring substituents is 1. The molecule has 0 fully saturated rings. The first kappa shape index (κ1) is 17.6. The second-order valence-electron chi connectivity index (χ2n) is 5.26. The molecule has 0 atom stereocenters. The Labute approximate surface area is 140 Å². The maximum atomic E-state index is 12.6. The van der Waals surface area contributed by atoms with Crippen LogP contribution in [0, 0.1) is 10.1 Å². The molecule has 0 saturated carbocycles. The molecule has 126 valence electrons. The zero-order valence-electron chi connectivity index (χ0n) is 13.4. The van der Waals surface area contributed by atoms with E-state index in [-0.39, 0.29) is 18.0 Å². The van der Waals surface area contributed by atoms with Crippen molar-refractivity contribution in [2.75, 3.05) is 20.3 Å². The second kappa shape index (κ2) is 8.73. The zero-order chi connectivity index (χ0) is 17.4. The fourth-order valence-electron chi connectivity index (χ4n) is 2.22. The van der Waals surface area contributed by atoms with Crippen molar-refractivity contribution in [3.05, 3.63) is 70.0 Å². The van der Waals surface area contributed by atoms with E-state index >= 15 is 0 Å². The van der Waals surface area contributed by atoms with Crippen LogP contribution >= 0.6 is 0 Å². The third-order valence-corrected chi connectivity index (χ3v) is 3.54. The third kappa shape index (κ3) is 5.13. The standard InChI is InChI=1S/C17H19N3O4/c1-24-11-10-19(13-15-6-8-18-9-7-15)17(21)12-14-2-4-16(5-3-14)20(22)23/h2-9H,10-13H2,1H3. The van der Waals surface area contributed by atoms with Gasteiger partial charge in [0.1, 0.15) is 0 Å². The van der Waals surface area contributed by atoms with E-state index in [1.165, 1.54) is 12.1 Å². The Morgan fingerprint density at radius 1 is 1.17 bits per heavy atom. The van der Waals surface area contributed by atoms with Gasteiger partial charge in [-0.05, 0) is 23.3 Å². The Morgan fingerprint density at radius 3 is 2.42 bits per heavy atom. The van der Waals surface area contributed by atoms with Gasteiger partial charge in [-0.25, -0.2) is 0 Å². The van der Waals surface area contributed by atoms with Gasteiger partial charge in [-0.2, -0.15) is 0 Å². The minimum absolute atomic E-state index is 0.0132. The highest BCUT2D eigenvalue weighted by Gasteiger charge is 2.15. The molecular weight excluding hydrogens is 310 g/mol. The number of hydrogen-bond donors (Lipinski definition) is 0. The number of hydrogen-bond acceptors (Lipinski definition) is 5. The minimum Gasteiger partial charge on any atom is -0.383 e. The van der Waals surface area contributed by atoms with Crippen molar-refractivity contribution in [3.63, 3.8) is 0 Å². The van der Waals surface area contributed by atoms with Crippen LogP contribution in [-0.2, 0) is 22.5 Å². The Balaban J connectivity index is 2.04. The fraction of sp³-hybridized carbons (Fsp3) is 0.294. The highest BCUT2D eigenvalue weighted by Crippen LogP contribution is 2.14. The molecule has 0 spiro atoms. The number of methoxy groups -OCH3 is 1. The van der Waals surface area contributed by atoms with E-state index < -0.39 is 4.92 Å². The normalized spacial score (nSPS) is 10.4. The lowest BCUT2D eigenvalue weighted by Crippen LogP contribution is -2.34. The summed E-state index contributed by atoms with van der Waals surface area (Å²) in [4.78, 5) is 28.5. The van der Waals surface area contributed by atoms with E-state index in [9.17, 15) is 14.9 Å². The third-order valence-electron chi connectivity index (χ3n) is 3.54. The fourth-order valence-corrected chi connectivity index (χ4v) is 2.22. The van der Waals surface area contributed by atoms with Gasteiger partial charge in [-0.3, -0.25) is 19.9 Å². The number of ether oxygens (including phenoxy) is 1. The van der Waals surface area contributed by atoms with E-state index in [4.69, 9.17) is 4.74 Å². The Hall–Kier alpha value is -2.80. The molecule has 0 bridgehead atoms. The predicted molar refractivity (Wildman–Crippen MR) is 88.3 cm³/mol. The van der Waals surface area contributed by atoms with E-state index in [1.807, 2.05) is 12.1 Å². The number of amides is 1. The van der Waals surface area contributed by atoms with Crippen LogP contribution in [0.4, 0.5) is 5.69 Å². The Bertz CT molecular complexity index is 674. The van der Waals surface area contributed by atoms with E-state index in [1.54, 1.807) is 36.5 Å². The Kier molecular flexibility index (Phi) is 6.39. The monoisotopic (exact) mass is 329 g/mol. The van der Waals surface area contributed by atoms with Crippen LogP contribution in [0.2, 0.25) is 0 Å². The van der Waals surface area contributed by atoms with Crippen molar-refractivity contribution >= 4 is 11.6 Å². The topological polar surface area (TPSA) is 85.6 Å². The highest BCUT2D eigenvalue weighted by atomic mass is 16.6. The molecule has 0 radical (unpaired) electrons. The van der Waals surface area contributed by atoms with Crippen LogP contribution in [0.15, 0.2) is 48.8 Å². The average molecular weight is 329 g/mol. The highest BCUT2D eigenvalue weighted by molar-refractivity contribution is 5.78. The van der Waals surface area contributed by atoms with Gasteiger partial charge in [-0.1, -0.05) is 12.1 Å². The number of carbonyl (C=O) groups is 1. The van der Waals surface area contributed by atoms with E-state index in [0.29, 0.717) is 19.7 Å². The molecule has 1 aromatic carbocycles. The molecule has 1 aromatic heterocycles. The number of nitro groups is 1. The second-order valence-corrected chi connectivity index (χ2v) is 5.26. The summed E-state index contributed by atoms with van der Waals surface area (Å²) in [5.41, 5.74) is 1.74. The molecular formula is C17H19N3O4. The molecule has 2 rings (SSSR count). The number of nitro benzene ring substituents is 1. The average Bonchev–Trinajstić information content (AvgIpc) is 2.60. The molecule has 0 aliphatic carbocycles. The van der Waals surface area contributed by atoms with Gasteiger partial charge in [-0.15, -0.1) is 0 Å². The first-order valence-corrected chi connectivity index (χ1v) is 7.49. The predicted octanol–water partition coefficient (Wildman–Crippen LogP) is 2.21. The van der Waals surface area contributed by atoms with Crippen LogP contribution < -0.4 is 0 Å². The number of benzene rings is 1. The van der Waals surface area contributed by atoms with Crippen molar-refractivity contribution in [2.24, 2.45) is 0 Å². The van der Waals surface area contributed by atoms with Gasteiger partial charge in [0.15, 0.2) is 0 Å². The quantitative estimate of drug-likeness (QED) is 0.547. The summed E-state index contributed by atoms with van der Waals surface area (Å²) in [7, 11) is 1.59. The van der Waals surface area contributed by atoms with Gasteiger partial charge >= 0.3 is 0 Å². The number of pyridine rings is 1. The molecule has 0 aliphatic rings. The van der Waals surface area contributed by atoms with E-state index in [0.717, 1.165) is 11.1 Å². The molecule has 24 heavy (non-hydrogen) atoms. The van der Waals surface area contributed by atoms with Crippen molar-refractivity contribution in [3.8, 4) is 0 Å². The first-order valence-electron chi connectivity index (χ1n) is 7.49. The summed E-state index contributed by atoms with van der Waals surface area (Å²) in [5.74, 6) is -0.0577. The van der Waals surface area contributed by atoms with Crippen LogP contribution in [0.1, 0.15) is 11.1 Å². The molecule has 0 saturated heterocycles. The van der Waals surface area contributed by atoms with Gasteiger partial charge in [0.05, 0.1) is 18.0 Å². The molecule has 0 aliphatic heterocycles. The molecule has 0 unspecified atom stereocenters. The molecule has 7 heteroatoms. The van der Waals surface area contributed by atoms with Crippen LogP contribution in [0.25, 0.3) is 0 Å². The number of nitrogens with zero attached hydrogens (tertiary/aromatic N) is 3. The molecule has 1 heterocycles. The smallest absolute Gasteiger partial charge is 0.269 e. The van der Waals surface area contributed by atoms with Crippen molar-refractivity contribution < 1.29 is 14.5 Å². The zero-order valence-corrected chi connectivity index (χ0v) is 13.4. The lowest BCUT2D eigenvalue weighted by Gasteiger charge is -2.22. The summed E-state index contributed by atoms with van der Waals surface area (Å²) in [6.45, 7) is 1.39. The van der Waals surface area contributed by atoms with Crippen LogP contribution in [0.3, 0.4) is 0 Å². The summed E-state index contributed by atoms with van der Waals surface area (Å²) in [5, 5.41) is 10.7. The van der Waals surface area contributed by atoms with Crippen molar-refractivity contribution in [1.82, 2.24) is 9.88 Å². The summed E-state index contributed by atoms with van der Waals surface area (Å²) >= 11 is 0. The lowest BCUT2D eigenvalue weighted by atomic mass is 10.1. The maximum Gasteiger partial charge on any atom is 0.269 e. The SMILES string of the molecule is COCCN(Cc1ccncc1)C(=O)Cc1ccc([N+](=O)[O-])cc1. The van der Waals surface area contributed by atoms with E-state index in [2.05, 4.69) is 4.98 Å². The van der Waals surface area contributed by atoms with Crippen molar-refractivity contribution in [2.45, 2.75) is 13.0 Å². The van der Waals surface area contributed by atoms with Gasteiger partial charge in [0.2, 0.25) is 5.91 Å². The summed E-state index contributed by atoms with van der Waals surface area (Å²) in [6.07, 6.45) is 3.56. The molecule has 7 nitrogen and oxygen atoms in total. The molecule has 1 amide bonds. The van der Waals surface area contributed by atoms with Gasteiger partial charge < -0.3 is 9.64 Å².